The molecule has 0 nitrogen and oxygen atoms in total. The van der Waals surface area contributed by atoms with Crippen molar-refractivity contribution in [2.45, 2.75) is 20.8 Å². The zero-order valence-electron chi connectivity index (χ0n) is 9.45. The molecule has 78 valence electrons. The first-order valence-corrected chi connectivity index (χ1v) is 5.47. The second kappa shape index (κ2) is 5.62. The van der Waals surface area contributed by atoms with Gasteiger partial charge in [-0.1, -0.05) is 54.7 Å². The Hall–Kier alpha value is -1.21. The van der Waals surface area contributed by atoms with E-state index in [-0.39, 0.29) is 0 Å². The maximum Gasteiger partial charge on any atom is 0.0193 e. The first-order chi connectivity index (χ1) is 7.15. The van der Waals surface area contributed by atoms with E-state index in [1.54, 1.807) is 0 Å². The molecule has 0 aliphatic heterocycles. The molecule has 0 N–H and O–H groups in total. The number of allylic oxidation sites excluding steroid dienone is 4. The molecule has 0 saturated carbocycles. The molecule has 1 aromatic carbocycles. The minimum Gasteiger partial charge on any atom is -0.0877 e. The third kappa shape index (κ3) is 3.45. The van der Waals surface area contributed by atoms with E-state index in [2.05, 4.69) is 37.3 Å². The quantitative estimate of drug-likeness (QED) is 0.410. The number of hydrogen-bond acceptors (Lipinski definition) is 1. The summed E-state index contributed by atoms with van der Waals surface area (Å²) in [5, 5.41) is 0. The van der Waals surface area contributed by atoms with Crippen LogP contribution < -0.4 is 0 Å². The summed E-state index contributed by atoms with van der Waals surface area (Å²) in [7, 11) is 0. The van der Waals surface area contributed by atoms with E-state index in [1.807, 2.05) is 26.0 Å². The maximum absolute atomic E-state index is 5.12. The Morgan fingerprint density at radius 2 is 1.60 bits per heavy atom. The third-order valence-corrected chi connectivity index (χ3v) is 2.52. The van der Waals surface area contributed by atoms with Gasteiger partial charge in [0, 0.05) is 4.86 Å². The Balaban J connectivity index is 2.93. The molecule has 0 heterocycles. The zero-order valence-corrected chi connectivity index (χ0v) is 10.3. The monoisotopic (exact) mass is 216 g/mol. The van der Waals surface area contributed by atoms with E-state index in [9.17, 15) is 0 Å². The van der Waals surface area contributed by atoms with Crippen molar-refractivity contribution in [3.63, 3.8) is 0 Å². The summed E-state index contributed by atoms with van der Waals surface area (Å²) in [5.41, 5.74) is 3.64. The fourth-order valence-electron chi connectivity index (χ4n) is 1.30. The van der Waals surface area contributed by atoms with Gasteiger partial charge in [-0.15, -0.1) is 0 Å². The Morgan fingerprint density at radius 3 is 2.07 bits per heavy atom. The molecule has 0 bridgehead atoms. The van der Waals surface area contributed by atoms with Crippen LogP contribution >= 0.6 is 12.2 Å². The molecule has 0 spiro atoms. The van der Waals surface area contributed by atoms with Crippen LogP contribution in [0.15, 0.2) is 42.5 Å². The largest absolute Gasteiger partial charge is 0.0877 e. The van der Waals surface area contributed by atoms with Crippen molar-refractivity contribution in [3.05, 3.63) is 53.6 Å². The second-order valence-electron chi connectivity index (χ2n) is 3.51. The van der Waals surface area contributed by atoms with Crippen LogP contribution in [-0.4, -0.2) is 4.86 Å². The molecular formula is C14H16S. The lowest BCUT2D eigenvalue weighted by Crippen LogP contribution is -1.89. The van der Waals surface area contributed by atoms with Gasteiger partial charge in [0.15, 0.2) is 0 Å². The van der Waals surface area contributed by atoms with Gasteiger partial charge in [-0.2, -0.15) is 0 Å². The van der Waals surface area contributed by atoms with Crippen molar-refractivity contribution in [1.82, 2.24) is 0 Å². The van der Waals surface area contributed by atoms with E-state index < -0.39 is 0 Å². The van der Waals surface area contributed by atoms with Crippen molar-refractivity contribution in [1.29, 1.82) is 0 Å². The van der Waals surface area contributed by atoms with E-state index in [4.69, 9.17) is 12.2 Å². The lowest BCUT2D eigenvalue weighted by Gasteiger charge is -2.02. The maximum atomic E-state index is 5.12. The van der Waals surface area contributed by atoms with E-state index in [0.29, 0.717) is 0 Å². The Kier molecular flexibility index (Phi) is 4.44. The Bertz CT molecular complexity index is 394. The minimum absolute atomic E-state index is 0.941. The molecule has 1 heteroatoms. The molecule has 0 aliphatic carbocycles. The summed E-state index contributed by atoms with van der Waals surface area (Å²) in [5.74, 6) is 0. The highest BCUT2D eigenvalue weighted by Crippen LogP contribution is 2.15. The first-order valence-electron chi connectivity index (χ1n) is 5.06. The molecule has 0 saturated heterocycles. The van der Waals surface area contributed by atoms with Crippen molar-refractivity contribution in [3.8, 4) is 0 Å². The lowest BCUT2D eigenvalue weighted by molar-refractivity contribution is 1.54. The van der Waals surface area contributed by atoms with Crippen LogP contribution in [0.5, 0.6) is 0 Å². The van der Waals surface area contributed by atoms with Gasteiger partial charge in [-0.3, -0.25) is 0 Å². The molecule has 0 aromatic heterocycles. The molecule has 0 aliphatic rings. The second-order valence-corrected chi connectivity index (χ2v) is 4.12. The normalized spacial score (nSPS) is 12.1. The van der Waals surface area contributed by atoms with Gasteiger partial charge in [-0.05, 0) is 37.5 Å². The van der Waals surface area contributed by atoms with Gasteiger partial charge >= 0.3 is 0 Å². The molecular weight excluding hydrogens is 200 g/mol. The predicted octanol–water partition coefficient (Wildman–Crippen LogP) is 4.40. The summed E-state index contributed by atoms with van der Waals surface area (Å²) in [4.78, 5) is 0.941. The topological polar surface area (TPSA) is 0 Å². The van der Waals surface area contributed by atoms with Crippen molar-refractivity contribution in [2.24, 2.45) is 0 Å². The van der Waals surface area contributed by atoms with Gasteiger partial charge in [0.2, 0.25) is 0 Å². The highest BCUT2D eigenvalue weighted by molar-refractivity contribution is 7.80. The summed E-state index contributed by atoms with van der Waals surface area (Å²) in [6.07, 6.45) is 6.19. The van der Waals surface area contributed by atoms with Gasteiger partial charge in [0.05, 0.1) is 0 Å². The SMILES string of the molecule is C/C=C\C=C(/C)c1ccc(C(C)=S)cc1. The highest BCUT2D eigenvalue weighted by Gasteiger charge is 1.96. The van der Waals surface area contributed by atoms with Crippen LogP contribution in [0.4, 0.5) is 0 Å². The molecule has 15 heavy (non-hydrogen) atoms. The smallest absolute Gasteiger partial charge is 0.0193 e. The number of thiocarbonyl (C=S) groups is 1. The third-order valence-electron chi connectivity index (χ3n) is 2.29. The summed E-state index contributed by atoms with van der Waals surface area (Å²) < 4.78 is 0. The standard InChI is InChI=1S/C14H16S/c1-4-5-6-11(2)13-7-9-14(10-8-13)12(3)15/h4-10H,1-3H3/b5-4-,11-6+. The average molecular weight is 216 g/mol. The fourth-order valence-corrected chi connectivity index (χ4v) is 1.44. The molecule has 0 unspecified atom stereocenters. The van der Waals surface area contributed by atoms with Crippen LogP contribution in [0.2, 0.25) is 0 Å². The minimum atomic E-state index is 0.941. The molecule has 1 aromatic rings. The number of hydrogen-bond donors (Lipinski definition) is 0. The average Bonchev–Trinajstić information content (AvgIpc) is 2.26. The van der Waals surface area contributed by atoms with E-state index >= 15 is 0 Å². The van der Waals surface area contributed by atoms with Crippen LogP contribution in [0.1, 0.15) is 31.9 Å². The predicted molar refractivity (Wildman–Crippen MR) is 72.3 cm³/mol. The molecule has 0 amide bonds. The fraction of sp³-hybridized carbons (Fsp3) is 0.214. The molecule has 0 fully saturated rings. The van der Waals surface area contributed by atoms with Gasteiger partial charge in [0.1, 0.15) is 0 Å². The van der Waals surface area contributed by atoms with E-state index in [0.717, 1.165) is 10.4 Å². The lowest BCUT2D eigenvalue weighted by atomic mass is 10.0. The van der Waals surface area contributed by atoms with Crippen LogP contribution in [0.25, 0.3) is 5.57 Å². The zero-order chi connectivity index (χ0) is 11.3. The number of benzene rings is 1. The van der Waals surface area contributed by atoms with Gasteiger partial charge in [-0.25, -0.2) is 0 Å². The van der Waals surface area contributed by atoms with Crippen molar-refractivity contribution in [2.75, 3.05) is 0 Å². The molecule has 0 radical (unpaired) electrons. The Labute approximate surface area is 97.3 Å². The van der Waals surface area contributed by atoms with Crippen LogP contribution in [0, 0.1) is 0 Å². The van der Waals surface area contributed by atoms with Gasteiger partial charge < -0.3 is 0 Å². The Morgan fingerprint density at radius 1 is 1.07 bits per heavy atom. The molecule has 0 atom stereocenters. The highest BCUT2D eigenvalue weighted by atomic mass is 32.1. The van der Waals surface area contributed by atoms with Crippen LogP contribution in [-0.2, 0) is 0 Å². The van der Waals surface area contributed by atoms with Crippen molar-refractivity contribution >= 4 is 22.7 Å². The van der Waals surface area contributed by atoms with Crippen molar-refractivity contribution < 1.29 is 0 Å². The summed E-state index contributed by atoms with van der Waals surface area (Å²) in [6, 6.07) is 8.37. The summed E-state index contributed by atoms with van der Waals surface area (Å²) >= 11 is 5.12. The van der Waals surface area contributed by atoms with Crippen LogP contribution in [0.3, 0.4) is 0 Å². The summed E-state index contributed by atoms with van der Waals surface area (Å²) in [6.45, 7) is 6.08. The first kappa shape index (κ1) is 11.9. The number of rotatable bonds is 3. The molecule has 1 rings (SSSR count). The van der Waals surface area contributed by atoms with Gasteiger partial charge in [0.25, 0.3) is 0 Å². The van der Waals surface area contributed by atoms with E-state index in [1.165, 1.54) is 11.1 Å².